The molecule has 0 radical (unpaired) electrons. The van der Waals surface area contributed by atoms with Crippen LogP contribution in [0.15, 0.2) is 42.9 Å². The molecule has 0 fully saturated rings. The number of hydrogen-bond acceptors (Lipinski definition) is 3. The zero-order chi connectivity index (χ0) is 11.2. The molecule has 2 aromatic rings. The van der Waals surface area contributed by atoms with Crippen molar-refractivity contribution in [3.63, 3.8) is 0 Å². The first-order chi connectivity index (χ1) is 7.90. The predicted octanol–water partition coefficient (Wildman–Crippen LogP) is 2.49. The van der Waals surface area contributed by atoms with Crippen LogP contribution < -0.4 is 4.74 Å². The molecule has 82 valence electrons. The first-order valence-corrected chi connectivity index (χ1v) is 4.95. The molecule has 0 bridgehead atoms. The van der Waals surface area contributed by atoms with Gasteiger partial charge in [-0.3, -0.25) is 0 Å². The summed E-state index contributed by atoms with van der Waals surface area (Å²) in [6.45, 7) is -0.388. The van der Waals surface area contributed by atoms with Crippen molar-refractivity contribution in [3.05, 3.63) is 42.9 Å². The number of alkyl halides is 1. The van der Waals surface area contributed by atoms with Crippen molar-refractivity contribution < 1.29 is 9.13 Å². The van der Waals surface area contributed by atoms with Gasteiger partial charge in [0.2, 0.25) is 0 Å². The highest BCUT2D eigenvalue weighted by Crippen LogP contribution is 2.19. The Morgan fingerprint density at radius 3 is 2.56 bits per heavy atom. The van der Waals surface area contributed by atoms with E-state index in [2.05, 4.69) is 9.97 Å². The number of nitrogens with zero attached hydrogens (tertiary/aromatic N) is 2. The summed E-state index contributed by atoms with van der Waals surface area (Å²) in [6, 6.07) is 9.20. The lowest BCUT2D eigenvalue weighted by atomic mass is 10.1. The third-order valence-electron chi connectivity index (χ3n) is 2.08. The SMILES string of the molecule is FCCOc1ccc(-c2ccncn2)cc1. The van der Waals surface area contributed by atoms with Gasteiger partial charge in [-0.05, 0) is 30.3 Å². The molecule has 0 aliphatic rings. The number of benzene rings is 1. The lowest BCUT2D eigenvalue weighted by Gasteiger charge is -2.04. The van der Waals surface area contributed by atoms with Gasteiger partial charge in [0.05, 0.1) is 5.69 Å². The monoisotopic (exact) mass is 218 g/mol. The second kappa shape index (κ2) is 5.21. The first kappa shape index (κ1) is 10.5. The van der Waals surface area contributed by atoms with E-state index in [1.165, 1.54) is 6.33 Å². The Bertz CT molecular complexity index is 431. The molecule has 0 spiro atoms. The van der Waals surface area contributed by atoms with Gasteiger partial charge >= 0.3 is 0 Å². The Labute approximate surface area is 92.9 Å². The fourth-order valence-electron chi connectivity index (χ4n) is 1.34. The highest BCUT2D eigenvalue weighted by molar-refractivity contribution is 5.59. The van der Waals surface area contributed by atoms with E-state index < -0.39 is 6.67 Å². The molecule has 0 N–H and O–H groups in total. The number of aromatic nitrogens is 2. The lowest BCUT2D eigenvalue weighted by molar-refractivity contribution is 0.273. The Balaban J connectivity index is 2.13. The first-order valence-electron chi connectivity index (χ1n) is 4.95. The van der Waals surface area contributed by atoms with Crippen molar-refractivity contribution >= 4 is 0 Å². The second-order valence-corrected chi connectivity index (χ2v) is 3.16. The van der Waals surface area contributed by atoms with Gasteiger partial charge in [0.15, 0.2) is 0 Å². The van der Waals surface area contributed by atoms with Crippen LogP contribution in [-0.4, -0.2) is 23.2 Å². The summed E-state index contributed by atoms with van der Waals surface area (Å²) in [7, 11) is 0. The Morgan fingerprint density at radius 1 is 1.12 bits per heavy atom. The Morgan fingerprint density at radius 2 is 1.94 bits per heavy atom. The van der Waals surface area contributed by atoms with Crippen molar-refractivity contribution in [3.8, 4) is 17.0 Å². The van der Waals surface area contributed by atoms with Crippen LogP contribution in [0.3, 0.4) is 0 Å². The molecular weight excluding hydrogens is 207 g/mol. The zero-order valence-corrected chi connectivity index (χ0v) is 8.64. The van der Waals surface area contributed by atoms with E-state index in [0.717, 1.165) is 11.3 Å². The molecule has 0 aliphatic carbocycles. The fourth-order valence-corrected chi connectivity index (χ4v) is 1.34. The van der Waals surface area contributed by atoms with Crippen LogP contribution in [0.4, 0.5) is 4.39 Å². The number of halogens is 1. The molecule has 0 saturated heterocycles. The molecule has 1 aromatic carbocycles. The van der Waals surface area contributed by atoms with Gasteiger partial charge < -0.3 is 4.74 Å². The van der Waals surface area contributed by atoms with Gasteiger partial charge in [0.1, 0.15) is 25.4 Å². The molecule has 0 atom stereocenters. The van der Waals surface area contributed by atoms with E-state index in [9.17, 15) is 4.39 Å². The summed E-state index contributed by atoms with van der Waals surface area (Å²) in [5, 5.41) is 0. The van der Waals surface area contributed by atoms with E-state index in [1.54, 1.807) is 18.3 Å². The van der Waals surface area contributed by atoms with Gasteiger partial charge in [0, 0.05) is 11.8 Å². The second-order valence-electron chi connectivity index (χ2n) is 3.16. The van der Waals surface area contributed by atoms with Crippen LogP contribution >= 0.6 is 0 Å². The maximum atomic E-state index is 11.9. The summed E-state index contributed by atoms with van der Waals surface area (Å²) in [6.07, 6.45) is 3.19. The fraction of sp³-hybridized carbons (Fsp3) is 0.167. The minimum Gasteiger partial charge on any atom is -0.491 e. The van der Waals surface area contributed by atoms with E-state index in [1.807, 2.05) is 18.2 Å². The minimum atomic E-state index is -0.479. The van der Waals surface area contributed by atoms with Gasteiger partial charge in [-0.2, -0.15) is 0 Å². The van der Waals surface area contributed by atoms with Crippen molar-refractivity contribution in [2.75, 3.05) is 13.3 Å². The topological polar surface area (TPSA) is 35.0 Å². The summed E-state index contributed by atoms with van der Waals surface area (Å²) < 4.78 is 17.0. The molecule has 0 unspecified atom stereocenters. The van der Waals surface area contributed by atoms with Crippen LogP contribution in [0.25, 0.3) is 11.3 Å². The van der Waals surface area contributed by atoms with Crippen molar-refractivity contribution in [2.24, 2.45) is 0 Å². The minimum absolute atomic E-state index is 0.0901. The van der Waals surface area contributed by atoms with Crippen LogP contribution in [0.2, 0.25) is 0 Å². The third-order valence-corrected chi connectivity index (χ3v) is 2.08. The third kappa shape index (κ3) is 2.53. The molecule has 0 amide bonds. The highest BCUT2D eigenvalue weighted by atomic mass is 19.1. The Kier molecular flexibility index (Phi) is 3.43. The van der Waals surface area contributed by atoms with Gasteiger partial charge in [-0.25, -0.2) is 14.4 Å². The smallest absolute Gasteiger partial charge is 0.123 e. The van der Waals surface area contributed by atoms with Crippen molar-refractivity contribution in [1.29, 1.82) is 0 Å². The highest BCUT2D eigenvalue weighted by Gasteiger charge is 1.99. The lowest BCUT2D eigenvalue weighted by Crippen LogP contribution is -1.98. The quantitative estimate of drug-likeness (QED) is 0.790. The van der Waals surface area contributed by atoms with Gasteiger partial charge in [-0.1, -0.05) is 0 Å². The van der Waals surface area contributed by atoms with Gasteiger partial charge in [0.25, 0.3) is 0 Å². The number of hydrogen-bond donors (Lipinski definition) is 0. The average Bonchev–Trinajstić information content (AvgIpc) is 2.38. The van der Waals surface area contributed by atoms with Crippen LogP contribution in [0.1, 0.15) is 0 Å². The zero-order valence-electron chi connectivity index (χ0n) is 8.64. The summed E-state index contributed by atoms with van der Waals surface area (Å²) in [5.41, 5.74) is 1.84. The maximum absolute atomic E-state index is 11.9. The molecular formula is C12H11FN2O. The van der Waals surface area contributed by atoms with E-state index in [4.69, 9.17) is 4.74 Å². The van der Waals surface area contributed by atoms with Crippen molar-refractivity contribution in [1.82, 2.24) is 9.97 Å². The van der Waals surface area contributed by atoms with Crippen LogP contribution in [0.5, 0.6) is 5.75 Å². The van der Waals surface area contributed by atoms with E-state index in [-0.39, 0.29) is 6.61 Å². The number of ether oxygens (including phenoxy) is 1. The summed E-state index contributed by atoms with van der Waals surface area (Å²) in [4.78, 5) is 7.98. The summed E-state index contributed by atoms with van der Waals surface area (Å²) in [5.74, 6) is 0.662. The average molecular weight is 218 g/mol. The van der Waals surface area contributed by atoms with Crippen LogP contribution in [0, 0.1) is 0 Å². The molecule has 0 aliphatic heterocycles. The molecule has 4 heteroatoms. The molecule has 16 heavy (non-hydrogen) atoms. The maximum Gasteiger partial charge on any atom is 0.123 e. The molecule has 2 rings (SSSR count). The molecule has 3 nitrogen and oxygen atoms in total. The largest absolute Gasteiger partial charge is 0.491 e. The Hall–Kier alpha value is -1.97. The molecule has 1 aromatic heterocycles. The molecule has 1 heterocycles. The van der Waals surface area contributed by atoms with Crippen LogP contribution in [-0.2, 0) is 0 Å². The van der Waals surface area contributed by atoms with E-state index in [0.29, 0.717) is 5.75 Å². The predicted molar refractivity (Wildman–Crippen MR) is 58.9 cm³/mol. The summed E-state index contributed by atoms with van der Waals surface area (Å²) >= 11 is 0. The van der Waals surface area contributed by atoms with Gasteiger partial charge in [-0.15, -0.1) is 0 Å². The standard InChI is InChI=1S/C12H11FN2O/c13-6-8-16-11-3-1-10(2-4-11)12-5-7-14-9-15-12/h1-5,7,9H,6,8H2. The number of rotatable bonds is 4. The van der Waals surface area contributed by atoms with Crippen molar-refractivity contribution in [2.45, 2.75) is 0 Å². The molecule has 0 saturated carbocycles. The normalized spacial score (nSPS) is 10.1. The van der Waals surface area contributed by atoms with E-state index >= 15 is 0 Å².